The molecular formula is C58H76Cl2SiZr. The fourth-order valence-electron chi connectivity index (χ4n) is 11.0. The third-order valence-corrected chi connectivity index (χ3v) is 13.9. The number of rotatable bonds is 10. The molecule has 0 spiro atoms. The molecule has 2 fully saturated rings. The van der Waals surface area contributed by atoms with E-state index >= 15 is 0 Å². The van der Waals surface area contributed by atoms with Crippen molar-refractivity contribution in [2.24, 2.45) is 10.8 Å². The first-order valence-electron chi connectivity index (χ1n) is 24.3. The molecule has 2 aliphatic carbocycles. The molecule has 0 heterocycles. The fourth-order valence-corrected chi connectivity index (χ4v) is 11.0. The zero-order chi connectivity index (χ0) is 44.2. The SMILES string of the molecule is CCCC1(Cc2cc3c(-c4ccc(C)cc4)cccc3[cH-]2)CCCCCCC1.CCCC1(Cc2cc3c(-c4ccc(C)cc4)cccc3[cH-]2)CCCCCCC1.C[Si]C.[Cl][Zr+2][Cl]. The molecule has 0 aliphatic heterocycles. The predicted molar refractivity (Wildman–Crippen MR) is 275 cm³/mol. The van der Waals surface area contributed by atoms with Crippen LogP contribution in [0.1, 0.15) is 152 Å². The summed E-state index contributed by atoms with van der Waals surface area (Å²) in [6.45, 7) is 13.4. The second kappa shape index (κ2) is 26.7. The van der Waals surface area contributed by atoms with Gasteiger partial charge in [0.15, 0.2) is 0 Å². The van der Waals surface area contributed by atoms with E-state index in [0.29, 0.717) is 10.8 Å². The van der Waals surface area contributed by atoms with Crippen LogP contribution < -0.4 is 0 Å². The minimum absolute atomic E-state index is 0.531. The molecule has 0 unspecified atom stereocenters. The number of benzene rings is 4. The number of halogens is 2. The first-order chi connectivity index (χ1) is 30.2. The van der Waals surface area contributed by atoms with E-state index in [1.807, 2.05) is 0 Å². The van der Waals surface area contributed by atoms with Crippen molar-refractivity contribution in [3.8, 4) is 22.3 Å². The van der Waals surface area contributed by atoms with E-state index in [1.54, 1.807) is 11.1 Å². The van der Waals surface area contributed by atoms with Crippen molar-refractivity contribution in [3.05, 3.63) is 131 Å². The van der Waals surface area contributed by atoms with E-state index in [2.05, 4.69) is 150 Å². The molecule has 0 N–H and O–H groups in total. The van der Waals surface area contributed by atoms with Crippen molar-refractivity contribution < 1.29 is 20.8 Å². The van der Waals surface area contributed by atoms with Gasteiger partial charge in [0.25, 0.3) is 0 Å². The molecule has 0 bridgehead atoms. The van der Waals surface area contributed by atoms with Gasteiger partial charge in [-0.3, -0.25) is 0 Å². The summed E-state index contributed by atoms with van der Waals surface area (Å²) < 4.78 is 0. The van der Waals surface area contributed by atoms with Crippen molar-refractivity contribution >= 4 is 48.1 Å². The van der Waals surface area contributed by atoms with Gasteiger partial charge >= 0.3 is 37.9 Å². The van der Waals surface area contributed by atoms with Gasteiger partial charge < -0.3 is 0 Å². The summed E-state index contributed by atoms with van der Waals surface area (Å²) >= 11 is -0.826. The summed E-state index contributed by atoms with van der Waals surface area (Å²) in [6.07, 6.45) is 28.0. The predicted octanol–water partition coefficient (Wildman–Crippen LogP) is 19.4. The Morgan fingerprint density at radius 2 is 0.839 bits per heavy atom. The van der Waals surface area contributed by atoms with Crippen LogP contribution in [0.25, 0.3) is 43.8 Å². The summed E-state index contributed by atoms with van der Waals surface area (Å²) in [4.78, 5) is 0. The molecule has 0 amide bonds. The summed E-state index contributed by atoms with van der Waals surface area (Å²) in [5.41, 5.74) is 12.3. The third kappa shape index (κ3) is 14.9. The van der Waals surface area contributed by atoms with Crippen molar-refractivity contribution in [2.75, 3.05) is 0 Å². The Labute approximate surface area is 399 Å². The Morgan fingerprint density at radius 3 is 1.16 bits per heavy atom. The summed E-state index contributed by atoms with van der Waals surface area (Å²) in [7, 11) is 11.0. The molecule has 6 aromatic carbocycles. The molecular weight excluding hydrogens is 887 g/mol. The van der Waals surface area contributed by atoms with Crippen LogP contribution in [-0.2, 0) is 33.7 Å². The van der Waals surface area contributed by atoms with Gasteiger partial charge in [-0.15, -0.1) is 69.1 Å². The van der Waals surface area contributed by atoms with Crippen LogP contribution in [0.15, 0.2) is 109 Å². The molecule has 6 aromatic rings. The molecule has 2 aliphatic rings. The van der Waals surface area contributed by atoms with Crippen LogP contribution >= 0.6 is 17.0 Å². The van der Waals surface area contributed by atoms with Gasteiger partial charge in [-0.05, 0) is 87.2 Å². The molecule has 2 radical (unpaired) electrons. The van der Waals surface area contributed by atoms with Crippen LogP contribution in [0.4, 0.5) is 0 Å². The summed E-state index contributed by atoms with van der Waals surface area (Å²) in [6, 6.07) is 41.5. The minimum atomic E-state index is -0.826. The molecule has 2 saturated carbocycles. The first kappa shape index (κ1) is 50.8. The van der Waals surface area contributed by atoms with Gasteiger partial charge in [0, 0.05) is 9.52 Å². The summed E-state index contributed by atoms with van der Waals surface area (Å²) in [5.74, 6) is 0. The quantitative estimate of drug-likeness (QED) is 0.0948. The van der Waals surface area contributed by atoms with Crippen LogP contribution in [0, 0.1) is 24.7 Å². The normalized spacial score (nSPS) is 16.1. The maximum absolute atomic E-state index is 4.93. The molecule has 8 rings (SSSR count). The van der Waals surface area contributed by atoms with Gasteiger partial charge in [-0.25, -0.2) is 0 Å². The maximum atomic E-state index is 4.93. The van der Waals surface area contributed by atoms with Crippen molar-refractivity contribution in [2.45, 2.75) is 169 Å². The van der Waals surface area contributed by atoms with E-state index < -0.39 is 20.8 Å². The molecule has 4 heteroatoms. The van der Waals surface area contributed by atoms with Gasteiger partial charge in [-0.2, -0.15) is 12.1 Å². The number of hydrogen-bond acceptors (Lipinski definition) is 0. The summed E-state index contributed by atoms with van der Waals surface area (Å²) in [5, 5.41) is 5.67. The second-order valence-corrected chi connectivity index (χ2v) is 23.8. The van der Waals surface area contributed by atoms with Crippen LogP contribution in [-0.4, -0.2) is 9.52 Å². The molecule has 0 atom stereocenters. The van der Waals surface area contributed by atoms with E-state index in [1.165, 1.54) is 183 Å². The van der Waals surface area contributed by atoms with Crippen LogP contribution in [0.5, 0.6) is 0 Å². The Kier molecular flexibility index (Phi) is 21.8. The van der Waals surface area contributed by atoms with Gasteiger partial charge in [-0.1, -0.05) is 187 Å². The Morgan fingerprint density at radius 1 is 0.516 bits per heavy atom. The molecule has 330 valence electrons. The number of hydrogen-bond donors (Lipinski definition) is 0. The molecule has 62 heavy (non-hydrogen) atoms. The van der Waals surface area contributed by atoms with Crippen LogP contribution in [0.2, 0.25) is 13.1 Å². The monoisotopic (exact) mass is 960 g/mol. The average molecular weight is 963 g/mol. The molecule has 0 saturated heterocycles. The first-order valence-corrected chi connectivity index (χ1v) is 32.6. The van der Waals surface area contributed by atoms with E-state index in [-0.39, 0.29) is 0 Å². The second-order valence-electron chi connectivity index (χ2n) is 19.0. The standard InChI is InChI=1S/2C28H35.C2H6Si.2ClH.Zr/c2*1-3-16-28(17-7-5-4-6-8-18-28)21-23-19-25-10-9-11-26(27(25)20-23)24-14-12-22(2)13-15-24;1-3-2;;;/h2*9-15,19-20H,3-8,16-18,21H2,1-2H3;1-2H3;2*1H;/q2*-1;;;;+4/p-2. The Hall–Kier alpha value is -2.22. The van der Waals surface area contributed by atoms with Gasteiger partial charge in [0.1, 0.15) is 0 Å². The molecule has 0 nitrogen and oxygen atoms in total. The Balaban J connectivity index is 0.000000208. The number of fused-ring (bicyclic) bond motifs is 2. The van der Waals surface area contributed by atoms with Gasteiger partial charge in [0.2, 0.25) is 0 Å². The van der Waals surface area contributed by atoms with Crippen molar-refractivity contribution in [3.63, 3.8) is 0 Å². The van der Waals surface area contributed by atoms with Crippen molar-refractivity contribution in [1.82, 2.24) is 0 Å². The van der Waals surface area contributed by atoms with Gasteiger partial charge in [0.05, 0.1) is 0 Å². The van der Waals surface area contributed by atoms with E-state index in [4.69, 9.17) is 17.0 Å². The van der Waals surface area contributed by atoms with E-state index in [9.17, 15) is 0 Å². The third-order valence-electron chi connectivity index (χ3n) is 13.9. The van der Waals surface area contributed by atoms with Crippen LogP contribution in [0.3, 0.4) is 0 Å². The average Bonchev–Trinajstić information content (AvgIpc) is 3.86. The fraction of sp³-hybridized carbons (Fsp3) is 0.483. The topological polar surface area (TPSA) is 0 Å². The zero-order valence-electron chi connectivity index (χ0n) is 39.3. The zero-order valence-corrected chi connectivity index (χ0v) is 44.3. The van der Waals surface area contributed by atoms with E-state index in [0.717, 1.165) is 9.52 Å². The van der Waals surface area contributed by atoms with Crippen molar-refractivity contribution in [1.29, 1.82) is 0 Å². The number of aryl methyl sites for hydroxylation is 2. The molecule has 0 aromatic heterocycles. The Bertz CT molecular complexity index is 1980.